The fourth-order valence-electron chi connectivity index (χ4n) is 9.29. The van der Waals surface area contributed by atoms with E-state index in [0.29, 0.717) is 42.9 Å². The number of rotatable bonds is 30. The van der Waals surface area contributed by atoms with Gasteiger partial charge in [0, 0.05) is 58.0 Å². The van der Waals surface area contributed by atoms with Crippen molar-refractivity contribution in [1.29, 1.82) is 0 Å². The highest BCUT2D eigenvalue weighted by Gasteiger charge is 2.35. The zero-order chi connectivity index (χ0) is 61.3. The summed E-state index contributed by atoms with van der Waals surface area (Å²) in [5.74, 6) is -11.3. The number of anilines is 1. The van der Waals surface area contributed by atoms with Gasteiger partial charge in [0.2, 0.25) is 29.5 Å². The van der Waals surface area contributed by atoms with Crippen LogP contribution in [0.15, 0.2) is 47.5 Å². The summed E-state index contributed by atoms with van der Waals surface area (Å²) in [7, 11) is 0. The SMILES string of the molecule is CC(C)C[C@H](NC(=O)[C@H](CC(=O)O)NC(=O)CNC(=O)[C@@H]1CCCN1C(=S)Nc1ccc(CCC(C(=O)O)N2CCN(CC(=O)O)CCN(CC(=O)O)Cc3cccc(n3)C2)cc1)C(=O)N[C@@H](CO)C(=O)N[C@@H](CCCN=C(N)N)C(=O)O. The number of aliphatic imine (C=N–C) groups is 1. The van der Waals surface area contributed by atoms with Crippen LogP contribution in [0.2, 0.25) is 0 Å². The molecule has 2 aliphatic heterocycles. The zero-order valence-electron chi connectivity index (χ0n) is 46.2. The Hall–Kier alpha value is -8.13. The van der Waals surface area contributed by atoms with Gasteiger partial charge in [0.15, 0.2) is 11.1 Å². The molecule has 2 aliphatic rings. The standard InChI is InChI=1S/C52H76N14O16S/c1-30(2)22-36(45(75)62-38(29-67)47(77)60-35(49(79)80)8-4-16-55-51(53)54)61-46(76)37(23-42(69)70)59-41(68)24-56-48(78)39-9-5-17-66(39)52(83)58-32-13-10-31(11-14-32)12-15-40(50(81)82)65-21-20-63(27-43(71)72)18-19-64(28-44(73)74)25-33-6-3-7-34(26-65)57-33/h3,6-7,10-11,13-14,30,35-40,67H,4-5,8-9,12,15-29H2,1-2H3,(H,56,78)(H,58,83)(H,59,68)(H,60,77)(H,61,76)(H,62,75)(H,69,70)(H,71,72)(H,73,74)(H,79,80)(H,81,82)(H4,53,54,55)/t35-,36-,37-,38-,39-,40?/m0/s1. The fourth-order valence-corrected chi connectivity index (χ4v) is 9.63. The molecule has 3 heterocycles. The molecule has 6 atom stereocenters. The van der Waals surface area contributed by atoms with E-state index in [-0.39, 0.29) is 102 Å². The maximum Gasteiger partial charge on any atom is 0.326 e. The molecule has 1 aromatic carbocycles. The molecular weight excluding hydrogens is 1110 g/mol. The number of hydrogen-bond acceptors (Lipinski definition) is 17. The van der Waals surface area contributed by atoms with Crippen LogP contribution in [0.5, 0.6) is 0 Å². The van der Waals surface area contributed by atoms with Gasteiger partial charge in [-0.2, -0.15) is 0 Å². The van der Waals surface area contributed by atoms with E-state index in [1.165, 1.54) is 0 Å². The van der Waals surface area contributed by atoms with Gasteiger partial charge in [0.25, 0.3) is 0 Å². The molecule has 83 heavy (non-hydrogen) atoms. The number of carbonyl (C=O) groups excluding carboxylic acids is 5. The average molecular weight is 1190 g/mol. The van der Waals surface area contributed by atoms with Gasteiger partial charge in [-0.3, -0.25) is 67.8 Å². The Kier molecular flexibility index (Phi) is 27.4. The van der Waals surface area contributed by atoms with Gasteiger partial charge in [-0.1, -0.05) is 32.0 Å². The van der Waals surface area contributed by atoms with Crippen molar-refractivity contribution in [2.45, 2.75) is 115 Å². The third-order valence-electron chi connectivity index (χ3n) is 13.4. The van der Waals surface area contributed by atoms with Crippen molar-refractivity contribution in [3.05, 3.63) is 59.4 Å². The average Bonchev–Trinajstić information content (AvgIpc) is 4.14. The van der Waals surface area contributed by atoms with Crippen molar-refractivity contribution in [2.24, 2.45) is 22.4 Å². The second-order valence-electron chi connectivity index (χ2n) is 20.5. The number of thiocarbonyl (C=S) groups is 1. The van der Waals surface area contributed by atoms with Crippen LogP contribution < -0.4 is 43.4 Å². The Balaban J connectivity index is 1.34. The van der Waals surface area contributed by atoms with Crippen molar-refractivity contribution in [2.75, 3.05) is 70.8 Å². The molecule has 456 valence electrons. The van der Waals surface area contributed by atoms with E-state index >= 15 is 0 Å². The Morgan fingerprint density at radius 3 is 1.93 bits per heavy atom. The molecule has 0 saturated carbocycles. The number of carbonyl (C=O) groups is 10. The number of carboxylic acid groups (broad SMARTS) is 5. The highest BCUT2D eigenvalue weighted by Crippen LogP contribution is 2.22. The van der Waals surface area contributed by atoms with Gasteiger partial charge in [0.05, 0.1) is 44.0 Å². The minimum absolute atomic E-state index is 0.0604. The molecule has 31 heteroatoms. The number of hydrogen-bond donors (Lipinski definition) is 14. The number of likely N-dealkylation sites (tertiary alicyclic amines) is 1. The smallest absolute Gasteiger partial charge is 0.326 e. The molecule has 0 radical (unpaired) electrons. The Morgan fingerprint density at radius 2 is 1.31 bits per heavy atom. The molecule has 5 amide bonds. The monoisotopic (exact) mass is 1180 g/mol. The Morgan fingerprint density at radius 1 is 0.711 bits per heavy atom. The number of guanidine groups is 1. The second-order valence-corrected chi connectivity index (χ2v) is 20.8. The number of aliphatic carboxylic acids is 5. The summed E-state index contributed by atoms with van der Waals surface area (Å²) >= 11 is 5.70. The Bertz CT molecular complexity index is 2640. The number of pyridine rings is 1. The summed E-state index contributed by atoms with van der Waals surface area (Å²) in [5.41, 5.74) is 13.1. The molecule has 0 aliphatic carbocycles. The number of nitrogens with one attached hydrogen (secondary N) is 6. The van der Waals surface area contributed by atoms with Gasteiger partial charge in [0.1, 0.15) is 36.3 Å². The van der Waals surface area contributed by atoms with Gasteiger partial charge >= 0.3 is 29.8 Å². The zero-order valence-corrected chi connectivity index (χ0v) is 47.1. The topological polar surface area (TPSA) is 455 Å². The lowest BCUT2D eigenvalue weighted by Gasteiger charge is -2.33. The first-order valence-corrected chi connectivity index (χ1v) is 27.3. The largest absolute Gasteiger partial charge is 0.481 e. The van der Waals surface area contributed by atoms with Crippen molar-refractivity contribution < 1.29 is 78.6 Å². The third kappa shape index (κ3) is 23.7. The number of carboxylic acids is 5. The highest BCUT2D eigenvalue weighted by molar-refractivity contribution is 7.80. The van der Waals surface area contributed by atoms with Gasteiger partial charge in [-0.15, -0.1) is 0 Å². The van der Waals surface area contributed by atoms with Gasteiger partial charge in [-0.25, -0.2) is 4.79 Å². The van der Waals surface area contributed by atoms with E-state index in [9.17, 15) is 78.6 Å². The minimum atomic E-state index is -1.75. The number of fused-ring (bicyclic) bond motifs is 2. The van der Waals surface area contributed by atoms with Crippen molar-refractivity contribution >= 4 is 88.4 Å². The third-order valence-corrected chi connectivity index (χ3v) is 13.7. The van der Waals surface area contributed by atoms with Crippen LogP contribution >= 0.6 is 12.2 Å². The number of amides is 5. The van der Waals surface area contributed by atoms with Crippen LogP contribution in [-0.4, -0.2) is 227 Å². The van der Waals surface area contributed by atoms with Crippen molar-refractivity contribution in [1.82, 2.24) is 51.2 Å². The highest BCUT2D eigenvalue weighted by atomic mass is 32.1. The lowest BCUT2D eigenvalue weighted by molar-refractivity contribution is -0.144. The lowest BCUT2D eigenvalue weighted by Crippen LogP contribution is -2.59. The molecule has 4 rings (SSSR count). The predicted molar refractivity (Wildman–Crippen MR) is 301 cm³/mol. The molecular formula is C52H76N14O16S. The van der Waals surface area contributed by atoms with Crippen LogP contribution in [0, 0.1) is 5.92 Å². The molecule has 30 nitrogen and oxygen atoms in total. The summed E-state index contributed by atoms with van der Waals surface area (Å²) in [6.07, 6.45) is 0.478. The second kappa shape index (κ2) is 33.7. The predicted octanol–water partition coefficient (Wildman–Crippen LogP) is -2.88. The van der Waals surface area contributed by atoms with Gasteiger partial charge < -0.3 is 78.9 Å². The number of nitrogens with zero attached hydrogens (tertiary/aromatic N) is 6. The van der Waals surface area contributed by atoms with Crippen LogP contribution in [0.3, 0.4) is 0 Å². The molecule has 16 N–H and O–H groups in total. The molecule has 2 aromatic rings. The van der Waals surface area contributed by atoms with E-state index in [4.69, 9.17) is 28.7 Å². The van der Waals surface area contributed by atoms with Crippen molar-refractivity contribution in [3.63, 3.8) is 0 Å². The van der Waals surface area contributed by atoms with E-state index in [1.54, 1.807) is 75.9 Å². The van der Waals surface area contributed by atoms with Crippen LogP contribution in [-0.2, 0) is 67.5 Å². The summed E-state index contributed by atoms with van der Waals surface area (Å²) in [5, 5.41) is 73.8. The first-order chi connectivity index (χ1) is 39.3. The summed E-state index contributed by atoms with van der Waals surface area (Å²) in [6, 6.07) is 4.23. The first kappa shape index (κ1) is 67.4. The maximum atomic E-state index is 13.5. The minimum Gasteiger partial charge on any atom is -0.481 e. The van der Waals surface area contributed by atoms with E-state index in [0.717, 1.165) is 5.56 Å². The number of nitrogens with two attached hydrogens (primary N) is 2. The normalized spacial score (nSPS) is 16.9. The lowest BCUT2D eigenvalue weighted by atomic mass is 10.0. The van der Waals surface area contributed by atoms with E-state index < -0.39 is 115 Å². The number of aromatic nitrogens is 1. The number of aliphatic hydroxyl groups is 1. The van der Waals surface area contributed by atoms with Crippen molar-refractivity contribution in [3.8, 4) is 0 Å². The first-order valence-electron chi connectivity index (χ1n) is 26.9. The molecule has 0 spiro atoms. The quantitative estimate of drug-likeness (QED) is 0.0162. The number of aliphatic hydroxyl groups excluding tert-OH is 1. The van der Waals surface area contributed by atoms with E-state index in [2.05, 4.69) is 36.9 Å². The molecule has 1 unspecified atom stereocenters. The molecule has 1 fully saturated rings. The molecule has 2 bridgehead atoms. The summed E-state index contributed by atoms with van der Waals surface area (Å²) in [4.78, 5) is 142. The van der Waals surface area contributed by atoms with Crippen LogP contribution in [0.1, 0.15) is 75.7 Å². The van der Waals surface area contributed by atoms with E-state index in [1.807, 2.05) is 0 Å². The number of aryl methyl sites for hydroxylation is 1. The fraction of sp³-hybridized carbons (Fsp3) is 0.558. The molecule has 1 aromatic heterocycles. The van der Waals surface area contributed by atoms with Crippen LogP contribution in [0.25, 0.3) is 0 Å². The summed E-state index contributed by atoms with van der Waals surface area (Å²) < 4.78 is 0. The van der Waals surface area contributed by atoms with Gasteiger partial charge in [-0.05, 0) is 92.9 Å². The number of benzene rings is 1. The van der Waals surface area contributed by atoms with Crippen LogP contribution in [0.4, 0.5) is 5.69 Å². The summed E-state index contributed by atoms with van der Waals surface area (Å²) in [6.45, 7) is 2.76. The maximum absolute atomic E-state index is 13.5. The Labute approximate surface area is 483 Å². The molecule has 1 saturated heterocycles.